The van der Waals surface area contributed by atoms with Gasteiger partial charge in [-0.1, -0.05) is 18.6 Å². The molecule has 19 heavy (non-hydrogen) atoms. The molecular formula is C14H16BrFN2S. The SMILES string of the molecule is NC(=S)c1ccc(NC2CC3CCC2C3)c(F)c1Br. The number of rotatable bonds is 3. The molecule has 0 amide bonds. The van der Waals surface area contributed by atoms with Gasteiger partial charge in [0.05, 0.1) is 10.2 Å². The summed E-state index contributed by atoms with van der Waals surface area (Å²) in [6.07, 6.45) is 5.08. The molecule has 5 heteroatoms. The summed E-state index contributed by atoms with van der Waals surface area (Å²) in [5, 5.41) is 3.36. The number of thiocarbonyl (C=S) groups is 1. The molecule has 2 saturated carbocycles. The Bertz CT molecular complexity index is 534. The van der Waals surface area contributed by atoms with E-state index in [4.69, 9.17) is 18.0 Å². The molecule has 2 bridgehead atoms. The second kappa shape index (κ2) is 5.02. The van der Waals surface area contributed by atoms with E-state index in [2.05, 4.69) is 21.2 Å². The summed E-state index contributed by atoms with van der Waals surface area (Å²) in [5.74, 6) is 1.25. The molecule has 0 aromatic heterocycles. The number of nitrogens with one attached hydrogen (secondary N) is 1. The van der Waals surface area contributed by atoms with Crippen molar-refractivity contribution in [1.29, 1.82) is 0 Å². The molecule has 1 aromatic rings. The molecule has 3 atom stereocenters. The Hall–Kier alpha value is -0.680. The molecule has 1 aromatic carbocycles. The average molecular weight is 343 g/mol. The fraction of sp³-hybridized carbons (Fsp3) is 0.500. The average Bonchev–Trinajstić information content (AvgIpc) is 2.97. The lowest BCUT2D eigenvalue weighted by Gasteiger charge is -2.24. The summed E-state index contributed by atoms with van der Waals surface area (Å²) in [4.78, 5) is 0.206. The molecule has 0 saturated heterocycles. The van der Waals surface area contributed by atoms with Gasteiger partial charge in [-0.05, 0) is 59.2 Å². The zero-order valence-electron chi connectivity index (χ0n) is 10.5. The fourth-order valence-electron chi connectivity index (χ4n) is 3.47. The largest absolute Gasteiger partial charge is 0.389 e. The second-order valence-electron chi connectivity index (χ2n) is 5.58. The zero-order valence-corrected chi connectivity index (χ0v) is 12.9. The van der Waals surface area contributed by atoms with Gasteiger partial charge in [0, 0.05) is 11.6 Å². The molecule has 102 valence electrons. The van der Waals surface area contributed by atoms with Crippen LogP contribution < -0.4 is 11.1 Å². The Morgan fingerprint density at radius 1 is 1.37 bits per heavy atom. The van der Waals surface area contributed by atoms with E-state index < -0.39 is 0 Å². The number of anilines is 1. The highest BCUT2D eigenvalue weighted by Crippen LogP contribution is 2.45. The third-order valence-electron chi connectivity index (χ3n) is 4.43. The molecule has 3 N–H and O–H groups in total. The Balaban J connectivity index is 1.82. The molecule has 0 aliphatic heterocycles. The van der Waals surface area contributed by atoms with E-state index in [-0.39, 0.29) is 10.8 Å². The van der Waals surface area contributed by atoms with Crippen LogP contribution in [0.4, 0.5) is 10.1 Å². The summed E-state index contributed by atoms with van der Waals surface area (Å²) in [7, 11) is 0. The van der Waals surface area contributed by atoms with Gasteiger partial charge in [-0.3, -0.25) is 0 Å². The minimum absolute atomic E-state index is 0.206. The highest BCUT2D eigenvalue weighted by Gasteiger charge is 2.39. The Labute approximate surface area is 126 Å². The van der Waals surface area contributed by atoms with Crippen molar-refractivity contribution in [2.24, 2.45) is 17.6 Å². The monoisotopic (exact) mass is 342 g/mol. The number of benzene rings is 1. The van der Waals surface area contributed by atoms with Gasteiger partial charge in [0.2, 0.25) is 0 Å². The van der Waals surface area contributed by atoms with Gasteiger partial charge in [-0.25, -0.2) is 4.39 Å². The van der Waals surface area contributed by atoms with Crippen molar-refractivity contribution in [1.82, 2.24) is 0 Å². The summed E-state index contributed by atoms with van der Waals surface area (Å²) in [6.45, 7) is 0. The van der Waals surface area contributed by atoms with Crippen molar-refractivity contribution in [2.45, 2.75) is 31.7 Å². The van der Waals surface area contributed by atoms with Crippen molar-refractivity contribution >= 4 is 38.8 Å². The van der Waals surface area contributed by atoms with Crippen LogP contribution >= 0.6 is 28.1 Å². The number of halogens is 2. The Kier molecular flexibility index (Phi) is 3.52. The molecule has 2 aliphatic rings. The first-order valence-corrected chi connectivity index (χ1v) is 7.80. The highest BCUT2D eigenvalue weighted by atomic mass is 79.9. The van der Waals surface area contributed by atoms with Gasteiger partial charge in [0.1, 0.15) is 4.99 Å². The van der Waals surface area contributed by atoms with Crippen LogP contribution in [0.25, 0.3) is 0 Å². The highest BCUT2D eigenvalue weighted by molar-refractivity contribution is 9.10. The first-order chi connectivity index (χ1) is 9.06. The predicted molar refractivity (Wildman–Crippen MR) is 82.8 cm³/mol. The van der Waals surface area contributed by atoms with Crippen LogP contribution in [0.3, 0.4) is 0 Å². The van der Waals surface area contributed by atoms with Gasteiger partial charge in [-0.2, -0.15) is 0 Å². The molecule has 2 aliphatic carbocycles. The third-order valence-corrected chi connectivity index (χ3v) is 5.42. The number of hydrogen-bond acceptors (Lipinski definition) is 2. The van der Waals surface area contributed by atoms with E-state index in [9.17, 15) is 4.39 Å². The Morgan fingerprint density at radius 3 is 2.74 bits per heavy atom. The van der Waals surface area contributed by atoms with Crippen molar-refractivity contribution < 1.29 is 4.39 Å². The first kappa shape index (κ1) is 13.3. The van der Waals surface area contributed by atoms with Gasteiger partial charge in [0.25, 0.3) is 0 Å². The van der Waals surface area contributed by atoms with Gasteiger partial charge in [-0.15, -0.1) is 0 Å². The first-order valence-electron chi connectivity index (χ1n) is 6.60. The summed E-state index contributed by atoms with van der Waals surface area (Å²) < 4.78 is 14.6. The molecule has 0 heterocycles. The number of fused-ring (bicyclic) bond motifs is 2. The standard InChI is InChI=1S/C14H16BrFN2S/c15-12-9(14(17)19)3-4-10(13(12)16)18-11-6-7-1-2-8(11)5-7/h3-4,7-8,11,18H,1-2,5-6H2,(H2,17,19). The van der Waals surface area contributed by atoms with Crippen molar-refractivity contribution in [3.63, 3.8) is 0 Å². The van der Waals surface area contributed by atoms with Crippen molar-refractivity contribution in [3.05, 3.63) is 28.0 Å². The normalized spacial score (nSPS) is 28.6. The minimum atomic E-state index is -0.298. The number of nitrogens with two attached hydrogens (primary N) is 1. The van der Waals surface area contributed by atoms with Crippen LogP contribution in [0.2, 0.25) is 0 Å². The summed E-state index contributed by atoms with van der Waals surface area (Å²) >= 11 is 8.14. The van der Waals surface area contributed by atoms with Gasteiger partial charge >= 0.3 is 0 Å². The quantitative estimate of drug-likeness (QED) is 0.820. The van der Waals surface area contributed by atoms with Crippen LogP contribution in [0.15, 0.2) is 16.6 Å². The van der Waals surface area contributed by atoms with E-state index in [1.807, 2.05) is 0 Å². The van der Waals surface area contributed by atoms with Crippen LogP contribution in [0.5, 0.6) is 0 Å². The third kappa shape index (κ3) is 2.38. The van der Waals surface area contributed by atoms with Gasteiger partial charge < -0.3 is 11.1 Å². The topological polar surface area (TPSA) is 38.0 Å². The lowest BCUT2D eigenvalue weighted by Crippen LogP contribution is -2.26. The van der Waals surface area contributed by atoms with Crippen molar-refractivity contribution in [3.8, 4) is 0 Å². The molecule has 0 radical (unpaired) electrons. The van der Waals surface area contributed by atoms with Gasteiger partial charge in [0.15, 0.2) is 5.82 Å². The maximum Gasteiger partial charge on any atom is 0.161 e. The van der Waals surface area contributed by atoms with Crippen LogP contribution in [0.1, 0.15) is 31.2 Å². The lowest BCUT2D eigenvalue weighted by atomic mass is 9.95. The Morgan fingerprint density at radius 2 is 2.16 bits per heavy atom. The molecule has 3 unspecified atom stereocenters. The lowest BCUT2D eigenvalue weighted by molar-refractivity contribution is 0.438. The van der Waals surface area contributed by atoms with E-state index in [1.165, 1.54) is 25.7 Å². The fourth-order valence-corrected chi connectivity index (χ4v) is 4.33. The summed E-state index contributed by atoms with van der Waals surface area (Å²) in [5.41, 5.74) is 6.65. The maximum atomic E-state index is 14.3. The molecule has 2 fully saturated rings. The predicted octanol–water partition coefficient (Wildman–Crippen LogP) is 3.82. The van der Waals surface area contributed by atoms with E-state index in [0.717, 1.165) is 5.92 Å². The van der Waals surface area contributed by atoms with E-state index >= 15 is 0 Å². The zero-order chi connectivity index (χ0) is 13.6. The maximum absolute atomic E-state index is 14.3. The molecule has 3 rings (SSSR count). The second-order valence-corrected chi connectivity index (χ2v) is 6.81. The smallest absolute Gasteiger partial charge is 0.161 e. The van der Waals surface area contributed by atoms with Crippen molar-refractivity contribution in [2.75, 3.05) is 5.32 Å². The van der Waals surface area contributed by atoms with E-state index in [0.29, 0.717) is 27.7 Å². The molecular weight excluding hydrogens is 327 g/mol. The van der Waals surface area contributed by atoms with Crippen LogP contribution in [-0.2, 0) is 0 Å². The minimum Gasteiger partial charge on any atom is -0.389 e. The van der Waals surface area contributed by atoms with Crippen LogP contribution in [0, 0.1) is 17.7 Å². The molecule has 2 nitrogen and oxygen atoms in total. The van der Waals surface area contributed by atoms with Crippen LogP contribution in [-0.4, -0.2) is 11.0 Å². The molecule has 0 spiro atoms. The number of hydrogen-bond donors (Lipinski definition) is 2. The van der Waals surface area contributed by atoms with E-state index in [1.54, 1.807) is 12.1 Å². The summed E-state index contributed by atoms with van der Waals surface area (Å²) in [6, 6.07) is 3.92.